The molecule has 1 heterocycles. The highest BCUT2D eigenvalue weighted by atomic mass is 79.9. The third-order valence-corrected chi connectivity index (χ3v) is 8.47. The zero-order valence-electron chi connectivity index (χ0n) is 20.3. The van der Waals surface area contributed by atoms with Gasteiger partial charge in [0.1, 0.15) is 18.1 Å². The molecule has 0 bridgehead atoms. The summed E-state index contributed by atoms with van der Waals surface area (Å²) in [5.74, 6) is -3.50. The Kier molecular flexibility index (Phi) is 7.89. The summed E-state index contributed by atoms with van der Waals surface area (Å²) in [4.78, 5) is 39.5. The molecule has 0 amide bonds. The maximum absolute atomic E-state index is 13.9. The van der Waals surface area contributed by atoms with Crippen LogP contribution in [0.5, 0.6) is 5.75 Å². The quantitative estimate of drug-likeness (QED) is 0.157. The molecular weight excluding hydrogens is 636 g/mol. The fourth-order valence-corrected chi connectivity index (χ4v) is 6.35. The lowest BCUT2D eigenvalue weighted by atomic mass is 9.59. The van der Waals surface area contributed by atoms with Crippen molar-refractivity contribution < 1.29 is 23.9 Å². The monoisotopic (exact) mass is 656 g/mol. The van der Waals surface area contributed by atoms with Gasteiger partial charge in [-0.1, -0.05) is 73.8 Å². The second kappa shape index (κ2) is 11.2. The summed E-state index contributed by atoms with van der Waals surface area (Å²) in [6.07, 6.45) is 2.18. The Bertz CT molecular complexity index is 1420. The van der Waals surface area contributed by atoms with Gasteiger partial charge in [0.15, 0.2) is 0 Å². The van der Waals surface area contributed by atoms with E-state index < -0.39 is 41.5 Å². The molecule has 1 aliphatic heterocycles. The number of carbonyl (C=O) groups excluding carboxylic acids is 3. The molecule has 0 unspecified atom stereocenters. The van der Waals surface area contributed by atoms with Crippen molar-refractivity contribution >= 4 is 61.5 Å². The van der Waals surface area contributed by atoms with Crippen LogP contribution in [0.3, 0.4) is 0 Å². The fourth-order valence-electron chi connectivity index (χ4n) is 5.64. The van der Waals surface area contributed by atoms with Crippen LogP contribution in [0.1, 0.15) is 41.6 Å². The maximum Gasteiger partial charge on any atom is 0.374 e. The van der Waals surface area contributed by atoms with Crippen LogP contribution < -0.4 is 4.74 Å². The van der Waals surface area contributed by atoms with E-state index in [2.05, 4.69) is 31.9 Å². The molecule has 0 radical (unpaired) electrons. The van der Waals surface area contributed by atoms with Gasteiger partial charge in [0, 0.05) is 43.2 Å². The Morgan fingerprint density at radius 3 is 2.21 bits per heavy atom. The average Bonchev–Trinajstić information content (AvgIpc) is 2.92. The molecule has 0 N–H and O–H groups in total. The number of rotatable bonds is 6. The van der Waals surface area contributed by atoms with Gasteiger partial charge < -0.3 is 9.47 Å². The van der Waals surface area contributed by atoms with Crippen molar-refractivity contribution in [2.24, 2.45) is 11.8 Å². The summed E-state index contributed by atoms with van der Waals surface area (Å²) < 4.78 is 13.5. The van der Waals surface area contributed by atoms with Crippen LogP contribution in [0, 0.1) is 11.8 Å². The standard InChI is InChI=1S/C30H23Br2ClO5/c1-2-37-30(36)28(35)27-25(16-3-7-19(31)8-4-16)18(15-34)13-23-26(27)22-14-21(33)11-12-24(22)38-29(23)17-5-9-20(32)10-6-17/h3-15,23,25-27,29H,2H2,1H3/t23-,25+,26+,27-,29+/m0/s1. The van der Waals surface area contributed by atoms with Crippen molar-refractivity contribution in [1.82, 2.24) is 0 Å². The molecule has 0 fully saturated rings. The third kappa shape index (κ3) is 4.99. The zero-order chi connectivity index (χ0) is 27.0. The van der Waals surface area contributed by atoms with Crippen molar-refractivity contribution in [3.05, 3.63) is 109 Å². The van der Waals surface area contributed by atoms with Crippen molar-refractivity contribution in [2.45, 2.75) is 24.9 Å². The fraction of sp³-hybridized carbons (Fsp3) is 0.233. The normalized spacial score (nSPS) is 23.8. The van der Waals surface area contributed by atoms with Crippen molar-refractivity contribution in [3.63, 3.8) is 0 Å². The van der Waals surface area contributed by atoms with Crippen molar-refractivity contribution in [1.29, 1.82) is 0 Å². The summed E-state index contributed by atoms with van der Waals surface area (Å²) in [5, 5.41) is 0.487. The van der Waals surface area contributed by atoms with Gasteiger partial charge in [-0.15, -0.1) is 0 Å². The number of esters is 1. The molecule has 194 valence electrons. The van der Waals surface area contributed by atoms with Gasteiger partial charge in [0.05, 0.1) is 6.61 Å². The Hall–Kier alpha value is -2.74. The number of aldehydes is 1. The molecule has 5 rings (SSSR count). The lowest BCUT2D eigenvalue weighted by Gasteiger charge is -2.47. The predicted octanol–water partition coefficient (Wildman–Crippen LogP) is 7.37. The van der Waals surface area contributed by atoms with Crippen LogP contribution in [0.4, 0.5) is 0 Å². The van der Waals surface area contributed by atoms with Gasteiger partial charge in [-0.05, 0) is 66.1 Å². The number of hydrogen-bond acceptors (Lipinski definition) is 5. The number of benzene rings is 3. The van der Waals surface area contributed by atoms with Gasteiger partial charge in [0.25, 0.3) is 0 Å². The third-order valence-electron chi connectivity index (χ3n) is 7.18. The molecule has 2 aliphatic rings. The van der Waals surface area contributed by atoms with Crippen LogP contribution in [-0.4, -0.2) is 24.6 Å². The lowest BCUT2D eigenvalue weighted by Crippen LogP contribution is -2.44. The number of Topliss-reactive ketones (excluding diaryl/α,β-unsaturated/α-hetero) is 1. The topological polar surface area (TPSA) is 69.7 Å². The SMILES string of the molecule is CCOC(=O)C(=O)[C@@H]1[C@@H]2c3cc(Cl)ccc3O[C@H](c3ccc(Br)cc3)[C@H]2C=C(C=O)[C@H]1c1ccc(Br)cc1. The summed E-state index contributed by atoms with van der Waals surface area (Å²) in [6.45, 7) is 1.72. The molecule has 0 spiro atoms. The number of ketones is 1. The molecule has 0 saturated carbocycles. The second-order valence-electron chi connectivity index (χ2n) is 9.30. The first-order valence-electron chi connectivity index (χ1n) is 12.2. The minimum atomic E-state index is -0.916. The number of fused-ring (bicyclic) bond motifs is 3. The van der Waals surface area contributed by atoms with E-state index in [0.29, 0.717) is 16.3 Å². The number of carbonyl (C=O) groups is 3. The van der Waals surface area contributed by atoms with Crippen LogP contribution in [-0.2, 0) is 19.1 Å². The molecule has 0 aromatic heterocycles. The highest BCUT2D eigenvalue weighted by Crippen LogP contribution is 2.57. The van der Waals surface area contributed by atoms with Crippen LogP contribution in [0.2, 0.25) is 5.02 Å². The first kappa shape index (κ1) is 26.9. The Morgan fingerprint density at radius 2 is 1.61 bits per heavy atom. The summed E-state index contributed by atoms with van der Waals surface area (Å²) in [5.41, 5.74) is 2.78. The van der Waals surface area contributed by atoms with E-state index in [1.165, 1.54) is 0 Å². The van der Waals surface area contributed by atoms with Crippen LogP contribution in [0.25, 0.3) is 0 Å². The highest BCUT2D eigenvalue weighted by molar-refractivity contribution is 9.10. The number of hydrogen-bond donors (Lipinski definition) is 0. The molecule has 0 saturated heterocycles. The first-order chi connectivity index (χ1) is 18.3. The largest absolute Gasteiger partial charge is 0.485 e. The molecule has 3 aromatic rings. The molecular formula is C30H23Br2ClO5. The van der Waals surface area contributed by atoms with Crippen molar-refractivity contribution in [2.75, 3.05) is 6.61 Å². The van der Waals surface area contributed by atoms with E-state index in [4.69, 9.17) is 21.1 Å². The number of allylic oxidation sites excluding steroid dienone is 1. The molecule has 8 heteroatoms. The molecule has 5 nitrogen and oxygen atoms in total. The van der Waals surface area contributed by atoms with Gasteiger partial charge in [-0.3, -0.25) is 9.59 Å². The van der Waals surface area contributed by atoms with Gasteiger partial charge in [0.2, 0.25) is 5.78 Å². The lowest BCUT2D eigenvalue weighted by molar-refractivity contribution is -0.156. The predicted molar refractivity (Wildman–Crippen MR) is 151 cm³/mol. The Morgan fingerprint density at radius 1 is 0.974 bits per heavy atom. The van der Waals surface area contributed by atoms with E-state index in [9.17, 15) is 14.4 Å². The highest BCUT2D eigenvalue weighted by Gasteiger charge is 2.52. The Balaban J connectivity index is 1.76. The molecule has 38 heavy (non-hydrogen) atoms. The smallest absolute Gasteiger partial charge is 0.374 e. The average molecular weight is 659 g/mol. The minimum Gasteiger partial charge on any atom is -0.485 e. The van der Waals surface area contributed by atoms with E-state index in [1.54, 1.807) is 25.1 Å². The van der Waals surface area contributed by atoms with E-state index in [1.807, 2.05) is 54.6 Å². The van der Waals surface area contributed by atoms with Crippen LogP contribution >= 0.6 is 43.5 Å². The molecule has 3 aromatic carbocycles. The zero-order valence-corrected chi connectivity index (χ0v) is 24.2. The molecule has 1 aliphatic carbocycles. The maximum atomic E-state index is 13.9. The number of halogens is 3. The first-order valence-corrected chi connectivity index (χ1v) is 14.1. The Labute approximate surface area is 242 Å². The summed E-state index contributed by atoms with van der Waals surface area (Å²) >= 11 is 13.4. The number of ether oxygens (including phenoxy) is 2. The van der Waals surface area contributed by atoms with Gasteiger partial charge in [-0.2, -0.15) is 0 Å². The van der Waals surface area contributed by atoms with E-state index in [-0.39, 0.29) is 6.61 Å². The second-order valence-corrected chi connectivity index (χ2v) is 11.6. The van der Waals surface area contributed by atoms with Gasteiger partial charge >= 0.3 is 5.97 Å². The summed E-state index contributed by atoms with van der Waals surface area (Å²) in [6, 6.07) is 20.5. The summed E-state index contributed by atoms with van der Waals surface area (Å²) in [7, 11) is 0. The van der Waals surface area contributed by atoms with E-state index >= 15 is 0 Å². The van der Waals surface area contributed by atoms with Crippen molar-refractivity contribution in [3.8, 4) is 5.75 Å². The van der Waals surface area contributed by atoms with Crippen LogP contribution in [0.15, 0.2) is 87.3 Å². The van der Waals surface area contributed by atoms with E-state index in [0.717, 1.165) is 31.9 Å². The van der Waals surface area contributed by atoms with Gasteiger partial charge in [-0.25, -0.2) is 4.79 Å². The minimum absolute atomic E-state index is 0.0672. The molecule has 5 atom stereocenters.